The number of aromatic amines is 1. The lowest BCUT2D eigenvalue weighted by molar-refractivity contribution is 0.0945. The van der Waals surface area contributed by atoms with Gasteiger partial charge in [-0.05, 0) is 43.7 Å². The molecule has 3 aromatic rings. The Morgan fingerprint density at radius 3 is 2.64 bits per heavy atom. The molecule has 0 aliphatic carbocycles. The number of benzene rings is 2. The van der Waals surface area contributed by atoms with Gasteiger partial charge in [0.2, 0.25) is 0 Å². The number of H-pyrrole nitrogens is 1. The lowest BCUT2D eigenvalue weighted by Crippen LogP contribution is -2.20. The zero-order valence-electron chi connectivity index (χ0n) is 13.9. The first-order valence-electron chi connectivity index (χ1n) is 7.91. The topological polar surface area (TPSA) is 66.5 Å². The van der Waals surface area contributed by atoms with Gasteiger partial charge in [-0.3, -0.25) is 4.79 Å². The van der Waals surface area contributed by atoms with Gasteiger partial charge in [0.1, 0.15) is 5.69 Å². The zero-order chi connectivity index (χ0) is 17.8. The number of para-hydroxylation sites is 1. The van der Waals surface area contributed by atoms with Crippen molar-refractivity contribution in [2.45, 2.75) is 20.0 Å². The highest BCUT2D eigenvalue weighted by Crippen LogP contribution is 2.30. The van der Waals surface area contributed by atoms with Crippen LogP contribution < -0.4 is 10.2 Å². The molecule has 2 aromatic carbocycles. The Hall–Kier alpha value is -2.79. The van der Waals surface area contributed by atoms with Crippen molar-refractivity contribution in [2.24, 2.45) is 5.10 Å². The average Bonchev–Trinajstić information content (AvgIpc) is 2.95. The fourth-order valence-corrected chi connectivity index (χ4v) is 2.53. The minimum Gasteiger partial charge on any atom is -0.488 e. The molecule has 1 aromatic heterocycles. The SMILES string of the molecule is CC(C)Oc1c(C(=O)N/N=C/c2ccc(Cl)cc2)[nH]c2ccccc12. The van der Waals surface area contributed by atoms with E-state index in [1.807, 2.05) is 50.2 Å². The van der Waals surface area contributed by atoms with Crippen molar-refractivity contribution in [1.29, 1.82) is 0 Å². The Labute approximate surface area is 150 Å². The van der Waals surface area contributed by atoms with Crippen LogP contribution in [0.25, 0.3) is 10.9 Å². The minimum absolute atomic E-state index is 0.0525. The molecule has 3 rings (SSSR count). The van der Waals surface area contributed by atoms with Gasteiger partial charge in [0, 0.05) is 15.9 Å². The summed E-state index contributed by atoms with van der Waals surface area (Å²) >= 11 is 5.84. The van der Waals surface area contributed by atoms with E-state index in [1.54, 1.807) is 18.3 Å². The van der Waals surface area contributed by atoms with Crippen LogP contribution in [0.1, 0.15) is 29.9 Å². The number of hydrazone groups is 1. The molecule has 2 N–H and O–H groups in total. The Kier molecular flexibility index (Phi) is 5.05. The van der Waals surface area contributed by atoms with E-state index in [1.165, 1.54) is 0 Å². The molecule has 0 bridgehead atoms. The number of rotatable bonds is 5. The summed E-state index contributed by atoms with van der Waals surface area (Å²) in [6.45, 7) is 3.84. The lowest BCUT2D eigenvalue weighted by atomic mass is 10.2. The van der Waals surface area contributed by atoms with Gasteiger partial charge in [-0.15, -0.1) is 0 Å². The zero-order valence-corrected chi connectivity index (χ0v) is 14.7. The summed E-state index contributed by atoms with van der Waals surface area (Å²) in [6.07, 6.45) is 1.50. The van der Waals surface area contributed by atoms with E-state index in [0.717, 1.165) is 16.5 Å². The van der Waals surface area contributed by atoms with E-state index in [4.69, 9.17) is 16.3 Å². The number of fused-ring (bicyclic) bond motifs is 1. The molecule has 0 saturated carbocycles. The van der Waals surface area contributed by atoms with Crippen LogP contribution in [0.5, 0.6) is 5.75 Å². The second-order valence-corrected chi connectivity index (χ2v) is 6.23. The second kappa shape index (κ2) is 7.40. The van der Waals surface area contributed by atoms with Gasteiger partial charge in [0.15, 0.2) is 5.75 Å². The van der Waals surface area contributed by atoms with Crippen LogP contribution in [-0.2, 0) is 0 Å². The summed E-state index contributed by atoms with van der Waals surface area (Å²) in [5.41, 5.74) is 4.54. The number of hydrogen-bond donors (Lipinski definition) is 2. The molecule has 0 atom stereocenters. The third kappa shape index (κ3) is 4.00. The maximum absolute atomic E-state index is 12.5. The van der Waals surface area contributed by atoms with E-state index < -0.39 is 0 Å². The number of ether oxygens (including phenoxy) is 1. The third-order valence-corrected chi connectivity index (χ3v) is 3.74. The first-order valence-corrected chi connectivity index (χ1v) is 8.28. The number of aromatic nitrogens is 1. The number of carbonyl (C=O) groups excluding carboxylic acids is 1. The summed E-state index contributed by atoms with van der Waals surface area (Å²) in [5.74, 6) is 0.168. The van der Waals surface area contributed by atoms with E-state index in [-0.39, 0.29) is 12.0 Å². The van der Waals surface area contributed by atoms with Gasteiger partial charge in [-0.1, -0.05) is 35.9 Å². The highest BCUT2D eigenvalue weighted by atomic mass is 35.5. The van der Waals surface area contributed by atoms with Crippen LogP contribution in [0.3, 0.4) is 0 Å². The van der Waals surface area contributed by atoms with Crippen molar-refractivity contribution in [3.8, 4) is 5.75 Å². The van der Waals surface area contributed by atoms with Crippen molar-refractivity contribution in [2.75, 3.05) is 0 Å². The van der Waals surface area contributed by atoms with Crippen molar-refractivity contribution < 1.29 is 9.53 Å². The number of carbonyl (C=O) groups is 1. The molecule has 0 spiro atoms. The lowest BCUT2D eigenvalue weighted by Gasteiger charge is -2.10. The fourth-order valence-electron chi connectivity index (χ4n) is 2.40. The molecule has 5 nitrogen and oxygen atoms in total. The van der Waals surface area contributed by atoms with E-state index in [9.17, 15) is 4.79 Å². The highest BCUT2D eigenvalue weighted by molar-refractivity contribution is 6.30. The molecule has 6 heteroatoms. The van der Waals surface area contributed by atoms with Gasteiger partial charge in [-0.2, -0.15) is 5.10 Å². The number of nitrogens with zero attached hydrogens (tertiary/aromatic N) is 1. The maximum atomic E-state index is 12.5. The summed E-state index contributed by atoms with van der Waals surface area (Å²) in [5, 5.41) is 5.51. The number of amides is 1. The van der Waals surface area contributed by atoms with Gasteiger partial charge in [0.05, 0.1) is 12.3 Å². The van der Waals surface area contributed by atoms with Crippen LogP contribution in [0, 0.1) is 0 Å². The molecule has 128 valence electrons. The van der Waals surface area contributed by atoms with Crippen LogP contribution >= 0.6 is 11.6 Å². The molecule has 25 heavy (non-hydrogen) atoms. The number of halogens is 1. The first-order chi connectivity index (χ1) is 12.0. The Balaban J connectivity index is 1.82. The normalized spacial score (nSPS) is 11.4. The van der Waals surface area contributed by atoms with Gasteiger partial charge in [0.25, 0.3) is 5.91 Å². The molecule has 0 saturated heterocycles. The van der Waals surface area contributed by atoms with Crippen molar-refractivity contribution in [3.05, 3.63) is 64.8 Å². The van der Waals surface area contributed by atoms with Gasteiger partial charge >= 0.3 is 0 Å². The van der Waals surface area contributed by atoms with E-state index in [0.29, 0.717) is 16.5 Å². The molecular formula is C19H18ClN3O2. The van der Waals surface area contributed by atoms with Crippen molar-refractivity contribution in [1.82, 2.24) is 10.4 Å². The Bertz CT molecular complexity index is 914. The van der Waals surface area contributed by atoms with Crippen LogP contribution in [0.4, 0.5) is 0 Å². The molecule has 0 aliphatic heterocycles. The van der Waals surface area contributed by atoms with Crippen LogP contribution in [0.2, 0.25) is 5.02 Å². The number of nitrogens with one attached hydrogen (secondary N) is 2. The maximum Gasteiger partial charge on any atom is 0.291 e. The molecule has 1 amide bonds. The smallest absolute Gasteiger partial charge is 0.291 e. The fraction of sp³-hybridized carbons (Fsp3) is 0.158. The summed E-state index contributed by atoms with van der Waals surface area (Å²) in [7, 11) is 0. The van der Waals surface area contributed by atoms with Crippen LogP contribution in [0.15, 0.2) is 53.6 Å². The molecule has 0 fully saturated rings. The Morgan fingerprint density at radius 1 is 1.20 bits per heavy atom. The monoisotopic (exact) mass is 355 g/mol. The quantitative estimate of drug-likeness (QED) is 0.527. The number of hydrogen-bond acceptors (Lipinski definition) is 3. The summed E-state index contributed by atoms with van der Waals surface area (Å²) in [4.78, 5) is 15.6. The first kappa shape index (κ1) is 17.0. The Morgan fingerprint density at radius 2 is 1.92 bits per heavy atom. The molecule has 0 radical (unpaired) electrons. The van der Waals surface area contributed by atoms with Crippen molar-refractivity contribution in [3.63, 3.8) is 0 Å². The van der Waals surface area contributed by atoms with E-state index in [2.05, 4.69) is 15.5 Å². The predicted octanol–water partition coefficient (Wildman–Crippen LogP) is 4.37. The van der Waals surface area contributed by atoms with Crippen LogP contribution in [-0.4, -0.2) is 23.2 Å². The summed E-state index contributed by atoms with van der Waals surface area (Å²) in [6, 6.07) is 14.8. The van der Waals surface area contributed by atoms with Crippen molar-refractivity contribution >= 4 is 34.6 Å². The molecule has 1 heterocycles. The highest BCUT2D eigenvalue weighted by Gasteiger charge is 2.19. The predicted molar refractivity (Wildman–Crippen MR) is 101 cm³/mol. The largest absolute Gasteiger partial charge is 0.488 e. The third-order valence-electron chi connectivity index (χ3n) is 3.49. The minimum atomic E-state index is -0.364. The average molecular weight is 356 g/mol. The molecule has 0 unspecified atom stereocenters. The standard InChI is InChI=1S/C19H18ClN3O2/c1-12(2)25-18-15-5-3-4-6-16(15)22-17(18)19(24)23-21-11-13-7-9-14(20)10-8-13/h3-12,22H,1-2H3,(H,23,24)/b21-11+. The van der Waals surface area contributed by atoms with E-state index >= 15 is 0 Å². The molecular weight excluding hydrogens is 338 g/mol. The van der Waals surface area contributed by atoms with Gasteiger partial charge in [-0.25, -0.2) is 5.43 Å². The molecule has 0 aliphatic rings. The van der Waals surface area contributed by atoms with Gasteiger partial charge < -0.3 is 9.72 Å². The second-order valence-electron chi connectivity index (χ2n) is 5.79. The summed E-state index contributed by atoms with van der Waals surface area (Å²) < 4.78 is 5.84.